The van der Waals surface area contributed by atoms with E-state index in [2.05, 4.69) is 25.3 Å². The van der Waals surface area contributed by atoms with Gasteiger partial charge in [-0.25, -0.2) is 14.1 Å². The Morgan fingerprint density at radius 1 is 1.12 bits per heavy atom. The monoisotopic (exact) mass is 496 g/mol. The SMILES string of the molecule is Fc1cccc(Oc2nc(NC3C4CCC3CN(c3ccnc(Cl)c3)C4)nn2CC(F)(F)F)c1. The first-order valence-electron chi connectivity index (χ1n) is 10.8. The number of alkyl halides is 3. The Balaban J connectivity index is 1.34. The Bertz CT molecular complexity index is 1160. The maximum atomic E-state index is 13.5. The van der Waals surface area contributed by atoms with Crippen LogP contribution in [0.4, 0.5) is 29.2 Å². The lowest BCUT2D eigenvalue weighted by Gasteiger charge is -2.39. The molecule has 2 atom stereocenters. The van der Waals surface area contributed by atoms with Gasteiger partial charge in [0.2, 0.25) is 5.95 Å². The van der Waals surface area contributed by atoms with Crippen LogP contribution in [0.1, 0.15) is 12.8 Å². The number of aromatic nitrogens is 4. The van der Waals surface area contributed by atoms with Gasteiger partial charge in [0.05, 0.1) is 0 Å². The van der Waals surface area contributed by atoms with E-state index in [1.54, 1.807) is 6.20 Å². The summed E-state index contributed by atoms with van der Waals surface area (Å²) in [5.74, 6) is 0.0296. The fourth-order valence-electron chi connectivity index (χ4n) is 4.78. The van der Waals surface area contributed by atoms with Crippen molar-refractivity contribution >= 4 is 23.2 Å². The predicted molar refractivity (Wildman–Crippen MR) is 118 cm³/mol. The largest absolute Gasteiger partial charge is 0.424 e. The number of halogens is 5. The molecule has 1 aliphatic heterocycles. The number of piperidine rings is 1. The molecule has 2 unspecified atom stereocenters. The van der Waals surface area contributed by atoms with Crippen LogP contribution >= 0.6 is 11.6 Å². The quantitative estimate of drug-likeness (QED) is 0.376. The molecule has 1 saturated heterocycles. The Labute approximate surface area is 197 Å². The minimum atomic E-state index is -4.53. The number of anilines is 2. The highest BCUT2D eigenvalue weighted by atomic mass is 35.5. The number of fused-ring (bicyclic) bond motifs is 2. The Kier molecular flexibility index (Phi) is 5.97. The number of hydrogen-bond acceptors (Lipinski definition) is 6. The van der Waals surface area contributed by atoms with Gasteiger partial charge in [0.15, 0.2) is 0 Å². The summed E-state index contributed by atoms with van der Waals surface area (Å²) >= 11 is 6.04. The lowest BCUT2D eigenvalue weighted by molar-refractivity contribution is -0.143. The second kappa shape index (κ2) is 8.94. The van der Waals surface area contributed by atoms with E-state index in [9.17, 15) is 17.6 Å². The summed E-state index contributed by atoms with van der Waals surface area (Å²) in [7, 11) is 0. The molecule has 0 radical (unpaired) electrons. The molecule has 2 fully saturated rings. The van der Waals surface area contributed by atoms with E-state index >= 15 is 0 Å². The molecule has 180 valence electrons. The highest BCUT2D eigenvalue weighted by molar-refractivity contribution is 6.29. The van der Waals surface area contributed by atoms with E-state index < -0.39 is 18.5 Å². The molecule has 12 heteroatoms. The van der Waals surface area contributed by atoms with Crippen molar-refractivity contribution in [1.82, 2.24) is 19.7 Å². The molecular formula is C22H21ClF4N6O. The number of nitrogens with zero attached hydrogens (tertiary/aromatic N) is 5. The maximum Gasteiger partial charge on any atom is 0.408 e. The zero-order valence-electron chi connectivity index (χ0n) is 17.8. The van der Waals surface area contributed by atoms with Gasteiger partial charge in [0.25, 0.3) is 0 Å². The molecule has 1 N–H and O–H groups in total. The van der Waals surface area contributed by atoms with Crippen molar-refractivity contribution in [3.8, 4) is 11.8 Å². The van der Waals surface area contributed by atoms with Crippen molar-refractivity contribution in [3.63, 3.8) is 0 Å². The fraction of sp³-hybridized carbons (Fsp3) is 0.409. The number of rotatable bonds is 6. The van der Waals surface area contributed by atoms with Crippen LogP contribution in [0.5, 0.6) is 11.8 Å². The van der Waals surface area contributed by atoms with Gasteiger partial charge in [-0.15, -0.1) is 5.10 Å². The van der Waals surface area contributed by atoms with Crippen LogP contribution in [0.2, 0.25) is 5.15 Å². The smallest absolute Gasteiger partial charge is 0.408 e. The van der Waals surface area contributed by atoms with E-state index in [0.29, 0.717) is 9.83 Å². The Morgan fingerprint density at radius 3 is 2.56 bits per heavy atom. The van der Waals surface area contributed by atoms with Crippen LogP contribution in [0.25, 0.3) is 0 Å². The zero-order valence-corrected chi connectivity index (χ0v) is 18.6. The first kappa shape index (κ1) is 22.7. The number of benzene rings is 1. The van der Waals surface area contributed by atoms with Crippen LogP contribution < -0.4 is 15.0 Å². The fourth-order valence-corrected chi connectivity index (χ4v) is 4.95. The molecule has 1 aromatic carbocycles. The summed E-state index contributed by atoms with van der Waals surface area (Å²) in [6.45, 7) is 0.162. The topological polar surface area (TPSA) is 68.1 Å². The number of nitrogens with one attached hydrogen (secondary N) is 1. The highest BCUT2D eigenvalue weighted by Crippen LogP contribution is 2.40. The Morgan fingerprint density at radius 2 is 1.88 bits per heavy atom. The second-order valence-electron chi connectivity index (χ2n) is 8.56. The molecule has 0 amide bonds. The molecule has 34 heavy (non-hydrogen) atoms. The normalized spacial score (nSPS) is 22.1. The van der Waals surface area contributed by atoms with Gasteiger partial charge >= 0.3 is 12.2 Å². The lowest BCUT2D eigenvalue weighted by atomic mass is 9.92. The van der Waals surface area contributed by atoms with Crippen molar-refractivity contribution in [2.45, 2.75) is 31.6 Å². The molecule has 7 nitrogen and oxygen atoms in total. The number of pyridine rings is 1. The molecule has 5 rings (SSSR count). The lowest BCUT2D eigenvalue weighted by Crippen LogP contribution is -2.48. The molecule has 0 spiro atoms. The van der Waals surface area contributed by atoms with Gasteiger partial charge in [0, 0.05) is 37.1 Å². The van der Waals surface area contributed by atoms with Crippen molar-refractivity contribution in [2.75, 3.05) is 23.3 Å². The summed E-state index contributed by atoms with van der Waals surface area (Å²) < 4.78 is 58.9. The molecule has 1 aliphatic carbocycles. The van der Waals surface area contributed by atoms with Crippen LogP contribution in [0.3, 0.4) is 0 Å². The third-order valence-electron chi connectivity index (χ3n) is 6.18. The van der Waals surface area contributed by atoms with Crippen LogP contribution in [0, 0.1) is 17.7 Å². The van der Waals surface area contributed by atoms with Gasteiger partial charge in [-0.2, -0.15) is 18.2 Å². The zero-order chi connectivity index (χ0) is 23.9. The molecule has 2 aromatic heterocycles. The standard InChI is InChI=1S/C22H21ClF4N6O/c23-18-9-16(6-7-28-18)32-10-13-4-5-14(11-32)19(13)29-20-30-21(33(31-20)12-22(25,26)27)34-17-3-1-2-15(24)8-17/h1-3,6-9,13-14,19H,4-5,10-12H2,(H,29,31). The molecule has 2 aliphatic rings. The highest BCUT2D eigenvalue weighted by Gasteiger charge is 2.43. The van der Waals surface area contributed by atoms with Crippen molar-refractivity contribution < 1.29 is 22.3 Å². The first-order chi connectivity index (χ1) is 16.2. The van der Waals surface area contributed by atoms with Crippen molar-refractivity contribution in [1.29, 1.82) is 0 Å². The van der Waals surface area contributed by atoms with E-state index in [1.807, 2.05) is 12.1 Å². The molecule has 3 heterocycles. The summed E-state index contributed by atoms with van der Waals surface area (Å²) in [6, 6.07) is 8.50. The molecule has 1 saturated carbocycles. The van der Waals surface area contributed by atoms with Crippen LogP contribution in [-0.4, -0.2) is 45.1 Å². The number of hydrogen-bond donors (Lipinski definition) is 1. The van der Waals surface area contributed by atoms with Crippen molar-refractivity contribution in [3.05, 3.63) is 53.6 Å². The van der Waals surface area contributed by atoms with Gasteiger partial charge in [0.1, 0.15) is 23.3 Å². The molecular weight excluding hydrogens is 476 g/mol. The predicted octanol–water partition coefficient (Wildman–Crippen LogP) is 5.15. The molecule has 3 aromatic rings. The average Bonchev–Trinajstić information content (AvgIpc) is 3.21. The summed E-state index contributed by atoms with van der Waals surface area (Å²) in [5.41, 5.74) is 0.994. The van der Waals surface area contributed by atoms with Gasteiger partial charge in [-0.3, -0.25) is 0 Å². The van der Waals surface area contributed by atoms with Gasteiger partial charge in [-0.05, 0) is 48.9 Å². The van der Waals surface area contributed by atoms with E-state index in [1.165, 1.54) is 18.2 Å². The summed E-state index contributed by atoms with van der Waals surface area (Å²) in [4.78, 5) is 10.4. The average molecular weight is 497 g/mol. The summed E-state index contributed by atoms with van der Waals surface area (Å²) in [5, 5.41) is 7.68. The van der Waals surface area contributed by atoms with Crippen LogP contribution in [-0.2, 0) is 6.54 Å². The van der Waals surface area contributed by atoms with E-state index in [-0.39, 0.29) is 35.6 Å². The number of ether oxygens (including phenoxy) is 1. The molecule has 2 bridgehead atoms. The van der Waals surface area contributed by atoms with E-state index in [0.717, 1.165) is 37.7 Å². The van der Waals surface area contributed by atoms with Gasteiger partial charge < -0.3 is 15.0 Å². The van der Waals surface area contributed by atoms with E-state index in [4.69, 9.17) is 16.3 Å². The third-order valence-corrected chi connectivity index (χ3v) is 6.38. The Hall–Kier alpha value is -3.08. The maximum absolute atomic E-state index is 13.5. The minimum Gasteiger partial charge on any atom is -0.424 e. The first-order valence-corrected chi connectivity index (χ1v) is 11.2. The van der Waals surface area contributed by atoms with Gasteiger partial charge in [-0.1, -0.05) is 17.7 Å². The third kappa shape index (κ3) is 5.03. The van der Waals surface area contributed by atoms with Crippen molar-refractivity contribution in [2.24, 2.45) is 11.8 Å². The van der Waals surface area contributed by atoms with Crippen LogP contribution in [0.15, 0.2) is 42.6 Å². The second-order valence-corrected chi connectivity index (χ2v) is 8.95. The summed E-state index contributed by atoms with van der Waals surface area (Å²) in [6.07, 6.45) is -0.899. The minimum absolute atomic E-state index is 0.0114.